The minimum atomic E-state index is -0.573. The van der Waals surface area contributed by atoms with Gasteiger partial charge >= 0.3 is 12.2 Å². The van der Waals surface area contributed by atoms with Crippen molar-refractivity contribution in [3.05, 3.63) is 221 Å². The number of benzene rings is 6. The molecule has 628 valence electrons. The van der Waals surface area contributed by atoms with Crippen molar-refractivity contribution in [2.75, 3.05) is 40.8 Å². The Labute approximate surface area is 697 Å². The van der Waals surface area contributed by atoms with Gasteiger partial charge in [0.25, 0.3) is 17.7 Å². The van der Waals surface area contributed by atoms with Gasteiger partial charge in [-0.3, -0.25) is 14.4 Å². The number of hydrogen-bond acceptors (Lipinski definition) is 20. The van der Waals surface area contributed by atoms with Crippen LogP contribution in [-0.4, -0.2) is 193 Å². The Balaban J connectivity index is 0.000000154. The van der Waals surface area contributed by atoms with Gasteiger partial charge in [0.1, 0.15) is 75.4 Å². The molecule has 0 saturated heterocycles. The van der Waals surface area contributed by atoms with Crippen molar-refractivity contribution in [2.24, 2.45) is 0 Å². The second kappa shape index (κ2) is 39.8. The summed E-state index contributed by atoms with van der Waals surface area (Å²) in [4.78, 5) is 115. The van der Waals surface area contributed by atoms with Gasteiger partial charge in [-0.1, -0.05) is 11.6 Å². The average Bonchev–Trinajstić information content (AvgIpc) is 0.794. The molecule has 8 N–H and O–H groups in total. The molecule has 28 nitrogen and oxygen atoms in total. The third kappa shape index (κ3) is 24.1. The Hall–Kier alpha value is -12.5. The maximum Gasteiger partial charge on any atom is 0.410 e. The van der Waals surface area contributed by atoms with Crippen LogP contribution in [0.2, 0.25) is 5.15 Å². The van der Waals surface area contributed by atoms with Gasteiger partial charge in [-0.2, -0.15) is 0 Å². The van der Waals surface area contributed by atoms with E-state index in [0.29, 0.717) is 147 Å². The van der Waals surface area contributed by atoms with Crippen molar-refractivity contribution in [3.8, 4) is 45.5 Å². The Morgan fingerprint density at radius 2 is 0.792 bits per heavy atom. The lowest BCUT2D eigenvalue weighted by atomic mass is 9.88. The van der Waals surface area contributed by atoms with E-state index < -0.39 is 11.2 Å². The third-order valence-electron chi connectivity index (χ3n) is 20.0. The molecule has 3 saturated carbocycles. The minimum Gasteiger partial charge on any atom is -0.473 e. The molecule has 3 fully saturated rings. The first-order valence-corrected chi connectivity index (χ1v) is 40.2. The fourth-order valence-corrected chi connectivity index (χ4v) is 13.3. The molecule has 6 aromatic heterocycles. The number of ether oxygens (including phenoxy) is 4. The lowest BCUT2D eigenvalue weighted by Crippen LogP contribution is -2.51. The van der Waals surface area contributed by atoms with Crippen molar-refractivity contribution < 1.29 is 61.2 Å². The predicted octanol–water partition coefficient (Wildman–Crippen LogP) is 14.5. The number of nitrogens with zero attached hydrogens (tertiary/aromatic N) is 11. The zero-order valence-electron chi connectivity index (χ0n) is 68.2. The summed E-state index contributed by atoms with van der Waals surface area (Å²) >= 11 is 6.25. The number of H-pyrrole nitrogens is 3. The van der Waals surface area contributed by atoms with Crippen LogP contribution >= 0.6 is 11.6 Å². The number of aliphatic hydroxyl groups excluding tert-OH is 1. The van der Waals surface area contributed by atoms with E-state index in [0.717, 1.165) is 68.8 Å². The Morgan fingerprint density at radius 1 is 0.458 bits per heavy atom. The van der Waals surface area contributed by atoms with Crippen LogP contribution < -0.4 is 30.7 Å². The molecule has 3 aliphatic rings. The van der Waals surface area contributed by atoms with E-state index in [1.165, 1.54) is 36.4 Å². The van der Waals surface area contributed by atoms with Crippen molar-refractivity contribution >= 4 is 74.6 Å². The second-order valence-electron chi connectivity index (χ2n) is 31.5. The van der Waals surface area contributed by atoms with Crippen LogP contribution in [0.5, 0.6) is 11.8 Å². The summed E-state index contributed by atoms with van der Waals surface area (Å²) in [6.45, 7) is 12.6. The number of aryl methyl sites for hydroxylation is 3. The van der Waals surface area contributed by atoms with Gasteiger partial charge in [-0.25, -0.2) is 67.6 Å². The molecule has 0 unspecified atom stereocenters. The third-order valence-corrected chi connectivity index (χ3v) is 20.3. The van der Waals surface area contributed by atoms with Gasteiger partial charge in [0, 0.05) is 155 Å². The molecule has 120 heavy (non-hydrogen) atoms. The Morgan fingerprint density at radius 3 is 1.12 bits per heavy atom. The summed E-state index contributed by atoms with van der Waals surface area (Å²) in [5, 5.41) is 21.3. The number of fused-ring (bicyclic) bond motifs is 3. The van der Waals surface area contributed by atoms with Crippen LogP contribution in [0.3, 0.4) is 0 Å². The summed E-state index contributed by atoms with van der Waals surface area (Å²) in [7, 11) is 5.37. The largest absolute Gasteiger partial charge is 0.473 e. The highest BCUT2D eigenvalue weighted by molar-refractivity contribution is 6.32. The van der Waals surface area contributed by atoms with E-state index >= 15 is 0 Å². The second-order valence-corrected chi connectivity index (χ2v) is 31.8. The number of aromatic nitrogens is 12. The molecule has 12 aromatic rings. The number of hydrogen-bond donors (Lipinski definition) is 8. The highest BCUT2D eigenvalue weighted by Crippen LogP contribution is 2.38. The lowest BCUT2D eigenvalue weighted by molar-refractivity contribution is -0.0159. The van der Waals surface area contributed by atoms with E-state index in [1.54, 1.807) is 152 Å². The number of imidazole rings is 3. The summed E-state index contributed by atoms with van der Waals surface area (Å²) in [6.07, 6.45) is 18.3. The van der Waals surface area contributed by atoms with Crippen LogP contribution in [0.25, 0.3) is 66.9 Å². The molecule has 6 heterocycles. The highest BCUT2D eigenvalue weighted by Gasteiger charge is 2.39. The smallest absolute Gasteiger partial charge is 0.410 e. The molecule has 0 bridgehead atoms. The molecule has 5 amide bonds. The number of aromatic amines is 3. The van der Waals surface area contributed by atoms with Gasteiger partial charge in [0.2, 0.25) is 11.8 Å². The van der Waals surface area contributed by atoms with Crippen LogP contribution in [0.1, 0.15) is 148 Å². The number of carbonyl (C=O) groups is 5. The molecule has 0 aliphatic heterocycles. The topological polar surface area (TPSA) is 360 Å². The maximum absolute atomic E-state index is 13.7. The van der Waals surface area contributed by atoms with Gasteiger partial charge in [-0.15, -0.1) is 0 Å². The highest BCUT2D eigenvalue weighted by atomic mass is 35.5. The van der Waals surface area contributed by atoms with Crippen LogP contribution in [0, 0.1) is 17.5 Å². The van der Waals surface area contributed by atoms with Crippen molar-refractivity contribution in [1.29, 1.82) is 0 Å². The normalized spacial score (nSPS) is 16.6. The number of halogens is 4. The van der Waals surface area contributed by atoms with Gasteiger partial charge in [0.15, 0.2) is 5.15 Å². The van der Waals surface area contributed by atoms with E-state index in [1.807, 2.05) is 48.6 Å². The zero-order chi connectivity index (χ0) is 85.2. The van der Waals surface area contributed by atoms with Gasteiger partial charge in [-0.05, 0) is 221 Å². The summed E-state index contributed by atoms with van der Waals surface area (Å²) < 4.78 is 63.6. The number of amides is 5. The van der Waals surface area contributed by atoms with E-state index in [4.69, 9.17) is 55.6 Å². The fourth-order valence-electron chi connectivity index (χ4n) is 13.1. The van der Waals surface area contributed by atoms with Crippen molar-refractivity contribution in [3.63, 3.8) is 0 Å². The molecular formula is C88H98ClF3N18O10. The van der Waals surface area contributed by atoms with E-state index in [-0.39, 0.29) is 82.9 Å². The van der Waals surface area contributed by atoms with Crippen LogP contribution in [-0.2, 0) is 28.7 Å². The Bertz CT molecular complexity index is 5450. The molecule has 3 aliphatic carbocycles. The first-order valence-electron chi connectivity index (χ1n) is 39.8. The maximum atomic E-state index is 13.7. The molecule has 0 radical (unpaired) electrons. The standard InChI is InChI=1S/C31H35FN6O4.C26H27FN6O2.C21H17ClFN5O.C10H19NO3/c1-31(2,3)42-30(40)38(4)22-17-23(18-22)41-29-27(19-7-10-21(32)11-8-19)36-25-16-20(9-12-24(25)37-29)28(39)35-13-5-6-26-33-14-15-34-26;1-28-19-14-20(15-19)35-26-24(16-4-7-18(27)8-5-16)32-22-13-17(6-9-21(22)33-26)25(34)31-10-2-3-23-29-11-12-30-23;22-20-19(13-3-6-15(23)7-4-13)27-17-12-14(5-8-16(17)28-20)21(29)26-9-1-2-18-24-10-11-25-18;1-10(2,3)14-9(13)11(4)7-5-8(12)6-7/h7-12,14-16,22-23H,5-6,13,17-18H2,1-4H3,(H,33,34)(H,35,39);4-9,11-13,19-20,28H,2-3,10,14-15H2,1H3,(H,29,30)(H,31,34);3-8,10-12H,1-2,9H2,(H,24,25)(H,26,29);7-8,12H,5-6H2,1-4H3. The summed E-state index contributed by atoms with van der Waals surface area (Å²) in [6, 6.07) is 33.9. The quantitative estimate of drug-likeness (QED) is 0.0246. The molecule has 6 aromatic carbocycles. The average molecular weight is 1660 g/mol. The fraction of sp³-hybridized carbons (Fsp3) is 0.364. The van der Waals surface area contributed by atoms with Crippen LogP contribution in [0.15, 0.2) is 165 Å². The van der Waals surface area contributed by atoms with E-state index in [9.17, 15) is 37.1 Å². The monoisotopic (exact) mass is 1660 g/mol. The van der Waals surface area contributed by atoms with E-state index in [2.05, 4.69) is 61.1 Å². The minimum absolute atomic E-state index is 0.0207. The van der Waals surface area contributed by atoms with Crippen LogP contribution in [0.4, 0.5) is 22.8 Å². The van der Waals surface area contributed by atoms with Crippen molar-refractivity contribution in [2.45, 2.75) is 166 Å². The predicted molar refractivity (Wildman–Crippen MR) is 448 cm³/mol. The van der Waals surface area contributed by atoms with Gasteiger partial charge < -0.3 is 70.1 Å². The molecular weight excluding hydrogens is 1560 g/mol. The number of carbonyl (C=O) groups excluding carboxylic acids is 5. The summed E-state index contributed by atoms with van der Waals surface area (Å²) in [5.74, 6) is 1.78. The Kier molecular flexibility index (Phi) is 28.8. The van der Waals surface area contributed by atoms with Gasteiger partial charge in [0.05, 0.1) is 39.2 Å². The molecule has 32 heteroatoms. The first-order chi connectivity index (χ1) is 57.5. The number of rotatable bonds is 25. The zero-order valence-corrected chi connectivity index (χ0v) is 69.0. The first kappa shape index (κ1) is 86.8. The molecule has 15 rings (SSSR count). The van der Waals surface area contributed by atoms with Crippen molar-refractivity contribution in [1.82, 2.24) is 90.9 Å². The molecule has 0 spiro atoms. The molecule has 0 atom stereocenters. The SMILES string of the molecule is CN(C(=O)OC(C)(C)C)C1CC(O)C1.CN(C(=O)OC(C)(C)C)C1CC(Oc2nc3ccc(C(=O)NCCCc4ncc[nH]4)cc3nc2-c2ccc(F)cc2)C1.CNC1CC(Oc2nc3ccc(C(=O)NCCCc4ncc[nH]4)cc3nc2-c2ccc(F)cc2)C1.O=C(NCCCc1ncc[nH]1)c1ccc2nc(Cl)c(-c3ccc(F)cc3)nc2c1. The number of nitrogens with one attached hydrogen (secondary N) is 7. The number of aliphatic hydroxyl groups is 1. The summed E-state index contributed by atoms with van der Waals surface area (Å²) in [5.41, 5.74) is 7.22. The lowest BCUT2D eigenvalue weighted by Gasteiger charge is -2.41.